The molecule has 0 saturated carbocycles. The molecule has 0 bridgehead atoms. The summed E-state index contributed by atoms with van der Waals surface area (Å²) < 4.78 is 43.4. The molecule has 10 heteroatoms. The van der Waals surface area contributed by atoms with Crippen molar-refractivity contribution in [2.24, 2.45) is 7.05 Å². The molecule has 1 fully saturated rings. The molecule has 1 aliphatic carbocycles. The highest BCUT2D eigenvalue weighted by Gasteiger charge is 2.40. The Labute approximate surface area is 178 Å². The van der Waals surface area contributed by atoms with Gasteiger partial charge in [0.1, 0.15) is 6.54 Å². The highest BCUT2D eigenvalue weighted by molar-refractivity contribution is 6.31. The average molecular weight is 444 g/mol. The molecule has 6 nitrogen and oxygen atoms in total. The molecule has 2 aliphatic rings. The van der Waals surface area contributed by atoms with Crippen molar-refractivity contribution in [1.82, 2.24) is 24.5 Å². The van der Waals surface area contributed by atoms with Crippen LogP contribution >= 0.6 is 11.6 Å². The van der Waals surface area contributed by atoms with E-state index in [9.17, 15) is 18.0 Å². The number of fused-ring (bicyclic) bond motifs is 1. The normalized spacial score (nSPS) is 20.2. The third-order valence-electron chi connectivity index (χ3n) is 6.14. The summed E-state index contributed by atoms with van der Waals surface area (Å²) in [4.78, 5) is 15.1. The number of alkyl halides is 3. The molecule has 1 aliphatic heterocycles. The first-order valence-electron chi connectivity index (χ1n) is 10.4. The third-order valence-corrected chi connectivity index (χ3v) is 6.43. The molecule has 0 radical (unpaired) electrons. The van der Waals surface area contributed by atoms with Crippen molar-refractivity contribution < 1.29 is 18.0 Å². The highest BCUT2D eigenvalue weighted by Crippen LogP contribution is 2.37. The molecule has 4 rings (SSSR count). The van der Waals surface area contributed by atoms with Crippen LogP contribution in [0.25, 0.3) is 0 Å². The second-order valence-electron chi connectivity index (χ2n) is 8.09. The van der Waals surface area contributed by atoms with Crippen LogP contribution in [0.4, 0.5) is 13.2 Å². The van der Waals surface area contributed by atoms with E-state index in [-0.39, 0.29) is 24.1 Å². The van der Waals surface area contributed by atoms with Gasteiger partial charge in [-0.15, -0.1) is 0 Å². The smallest absolute Gasteiger partial charge is 0.332 e. The van der Waals surface area contributed by atoms with Gasteiger partial charge in [0, 0.05) is 24.8 Å². The van der Waals surface area contributed by atoms with Crippen molar-refractivity contribution in [3.8, 4) is 0 Å². The van der Waals surface area contributed by atoms with Gasteiger partial charge in [0.2, 0.25) is 5.91 Å². The Bertz CT molecular complexity index is 916. The van der Waals surface area contributed by atoms with Gasteiger partial charge in [-0.3, -0.25) is 14.2 Å². The molecule has 0 spiro atoms. The second-order valence-corrected chi connectivity index (χ2v) is 8.50. The maximum absolute atomic E-state index is 13.5. The van der Waals surface area contributed by atoms with Crippen molar-refractivity contribution in [3.05, 3.63) is 33.9 Å². The Balaban J connectivity index is 1.64. The van der Waals surface area contributed by atoms with Crippen LogP contribution in [0.3, 0.4) is 0 Å². The van der Waals surface area contributed by atoms with Gasteiger partial charge in [0.25, 0.3) is 0 Å². The number of nitrogens with zero attached hydrogens (tertiary/aromatic N) is 5. The zero-order chi connectivity index (χ0) is 21.5. The number of carbonyl (C=O) groups excluding carboxylic acids is 1. The summed E-state index contributed by atoms with van der Waals surface area (Å²) in [5, 5.41) is 8.53. The standard InChI is InChI=1S/C20H25ClF3N5O/c1-27-18(14(21)11-25-27)16-9-3-2-6-10-28(16)17(30)12-29-15-8-5-4-7-13(15)19(26-29)20(22,23)24/h11,16H,2-10,12H2,1H3/t16-/m1/s1. The lowest BCUT2D eigenvalue weighted by molar-refractivity contribution is -0.143. The van der Waals surface area contributed by atoms with Crippen LogP contribution in [0, 0.1) is 0 Å². The minimum atomic E-state index is -4.51. The lowest BCUT2D eigenvalue weighted by atomic mass is 9.95. The van der Waals surface area contributed by atoms with E-state index in [1.165, 1.54) is 4.68 Å². The lowest BCUT2D eigenvalue weighted by Crippen LogP contribution is -2.38. The van der Waals surface area contributed by atoms with Gasteiger partial charge in [-0.05, 0) is 38.5 Å². The van der Waals surface area contributed by atoms with Crippen LogP contribution in [-0.2, 0) is 37.4 Å². The average Bonchev–Trinajstić information content (AvgIpc) is 3.12. The van der Waals surface area contributed by atoms with E-state index in [1.807, 2.05) is 0 Å². The number of amides is 1. The van der Waals surface area contributed by atoms with E-state index >= 15 is 0 Å². The Morgan fingerprint density at radius 2 is 1.97 bits per heavy atom. The lowest BCUT2D eigenvalue weighted by Gasteiger charge is -2.31. The Morgan fingerprint density at radius 3 is 2.67 bits per heavy atom. The first kappa shape index (κ1) is 21.2. The Hall–Kier alpha value is -2.03. The zero-order valence-corrected chi connectivity index (χ0v) is 17.6. The van der Waals surface area contributed by atoms with Gasteiger partial charge < -0.3 is 4.90 Å². The number of carbonyl (C=O) groups is 1. The quantitative estimate of drug-likeness (QED) is 0.710. The van der Waals surface area contributed by atoms with Crippen molar-refractivity contribution in [1.29, 1.82) is 0 Å². The van der Waals surface area contributed by atoms with Crippen LogP contribution in [0.2, 0.25) is 5.02 Å². The number of aromatic nitrogens is 4. The molecular formula is C20H25ClF3N5O. The maximum Gasteiger partial charge on any atom is 0.435 e. The fourth-order valence-electron chi connectivity index (χ4n) is 4.73. The molecule has 2 aromatic rings. The second kappa shape index (κ2) is 8.24. The van der Waals surface area contributed by atoms with Gasteiger partial charge in [-0.2, -0.15) is 23.4 Å². The number of aryl methyl sites for hydroxylation is 1. The first-order valence-corrected chi connectivity index (χ1v) is 10.8. The predicted molar refractivity (Wildman–Crippen MR) is 105 cm³/mol. The van der Waals surface area contributed by atoms with Crippen LogP contribution in [-0.4, -0.2) is 36.9 Å². The summed E-state index contributed by atoms with van der Waals surface area (Å²) in [6.45, 7) is 0.352. The Morgan fingerprint density at radius 1 is 1.20 bits per heavy atom. The first-order chi connectivity index (χ1) is 14.3. The minimum absolute atomic E-state index is 0.190. The molecule has 0 N–H and O–H groups in total. The van der Waals surface area contributed by atoms with E-state index in [2.05, 4.69) is 10.2 Å². The van der Waals surface area contributed by atoms with E-state index < -0.39 is 11.9 Å². The molecule has 164 valence electrons. The van der Waals surface area contributed by atoms with Gasteiger partial charge in [0.05, 0.1) is 23.0 Å². The molecule has 0 aromatic carbocycles. The fraction of sp³-hybridized carbons (Fsp3) is 0.650. The van der Waals surface area contributed by atoms with Crippen LogP contribution in [0.1, 0.15) is 67.2 Å². The zero-order valence-electron chi connectivity index (χ0n) is 16.9. The van der Waals surface area contributed by atoms with Crippen molar-refractivity contribution in [3.63, 3.8) is 0 Å². The number of halogens is 4. The minimum Gasteiger partial charge on any atom is -0.332 e. The maximum atomic E-state index is 13.5. The number of likely N-dealkylation sites (tertiary alicyclic amines) is 1. The van der Waals surface area contributed by atoms with Crippen molar-refractivity contribution in [2.75, 3.05) is 6.54 Å². The molecule has 0 unspecified atom stereocenters. The summed E-state index contributed by atoms with van der Waals surface area (Å²) in [5.74, 6) is -0.233. The highest BCUT2D eigenvalue weighted by atomic mass is 35.5. The monoisotopic (exact) mass is 443 g/mol. The molecule has 30 heavy (non-hydrogen) atoms. The van der Waals surface area contributed by atoms with E-state index in [0.29, 0.717) is 36.5 Å². The van der Waals surface area contributed by atoms with Crippen LogP contribution in [0.15, 0.2) is 6.20 Å². The largest absolute Gasteiger partial charge is 0.435 e. The third kappa shape index (κ3) is 3.96. The summed E-state index contributed by atoms with van der Waals surface area (Å²) in [6, 6.07) is -0.242. The van der Waals surface area contributed by atoms with Crippen molar-refractivity contribution >= 4 is 17.5 Å². The van der Waals surface area contributed by atoms with Crippen LogP contribution in [0.5, 0.6) is 0 Å². The van der Waals surface area contributed by atoms with Gasteiger partial charge in [-0.25, -0.2) is 0 Å². The number of rotatable bonds is 3. The number of hydrogen-bond donors (Lipinski definition) is 0. The van der Waals surface area contributed by atoms with E-state index in [1.54, 1.807) is 22.8 Å². The summed E-state index contributed by atoms with van der Waals surface area (Å²) in [7, 11) is 1.79. The predicted octanol–water partition coefficient (Wildman–Crippen LogP) is 4.31. The van der Waals surface area contributed by atoms with Gasteiger partial charge >= 0.3 is 6.18 Å². The van der Waals surface area contributed by atoms with Crippen molar-refractivity contribution in [2.45, 2.75) is 70.1 Å². The Kier molecular flexibility index (Phi) is 5.83. The summed E-state index contributed by atoms with van der Waals surface area (Å²) in [5.41, 5.74) is 0.730. The SMILES string of the molecule is Cn1ncc(Cl)c1[C@H]1CCCCCN1C(=O)Cn1nc(C(F)(F)F)c2c1CCCC2. The molecular weight excluding hydrogens is 419 g/mol. The van der Waals surface area contributed by atoms with E-state index in [0.717, 1.165) is 37.8 Å². The molecule has 1 saturated heterocycles. The molecule has 1 amide bonds. The molecule has 2 aromatic heterocycles. The number of hydrogen-bond acceptors (Lipinski definition) is 3. The summed E-state index contributed by atoms with van der Waals surface area (Å²) >= 11 is 6.35. The molecule has 3 heterocycles. The molecule has 1 atom stereocenters. The van der Waals surface area contributed by atoms with Crippen LogP contribution < -0.4 is 0 Å². The fourth-order valence-corrected chi connectivity index (χ4v) is 5.03. The topological polar surface area (TPSA) is 56.0 Å². The van der Waals surface area contributed by atoms with E-state index in [4.69, 9.17) is 11.6 Å². The van der Waals surface area contributed by atoms with Gasteiger partial charge in [-0.1, -0.05) is 24.4 Å². The van der Waals surface area contributed by atoms with Gasteiger partial charge in [0.15, 0.2) is 5.69 Å². The summed E-state index contributed by atoms with van der Waals surface area (Å²) in [6.07, 6.45) is 2.98.